The van der Waals surface area contributed by atoms with Crippen molar-refractivity contribution < 1.29 is 9.18 Å². The summed E-state index contributed by atoms with van der Waals surface area (Å²) in [4.78, 5) is 17.4. The first-order valence-electron chi connectivity index (χ1n) is 5.23. The molecular formula is C13H10ClFN2O. The normalized spacial score (nSPS) is 10.2. The van der Waals surface area contributed by atoms with Gasteiger partial charge in [-0.05, 0) is 30.3 Å². The van der Waals surface area contributed by atoms with Crippen LogP contribution in [0.4, 0.5) is 10.1 Å². The van der Waals surface area contributed by atoms with Crippen LogP contribution in [0.15, 0.2) is 42.6 Å². The molecule has 2 rings (SSSR count). The van der Waals surface area contributed by atoms with Crippen LogP contribution in [-0.2, 0) is 0 Å². The number of halogens is 2. The molecule has 0 atom stereocenters. The second-order valence-electron chi connectivity index (χ2n) is 3.70. The van der Waals surface area contributed by atoms with Gasteiger partial charge in [-0.2, -0.15) is 0 Å². The van der Waals surface area contributed by atoms with Crippen molar-refractivity contribution >= 4 is 23.2 Å². The van der Waals surface area contributed by atoms with Crippen LogP contribution in [0.2, 0.25) is 5.02 Å². The first-order chi connectivity index (χ1) is 8.58. The zero-order valence-corrected chi connectivity index (χ0v) is 10.4. The largest absolute Gasteiger partial charge is 0.310 e. The second kappa shape index (κ2) is 5.14. The predicted octanol–water partition coefficient (Wildman–Crippen LogP) is 3.15. The molecule has 0 aliphatic rings. The molecular weight excluding hydrogens is 255 g/mol. The fourth-order valence-electron chi connectivity index (χ4n) is 1.50. The van der Waals surface area contributed by atoms with Gasteiger partial charge in [0.25, 0.3) is 5.91 Å². The standard InChI is InChI=1S/C13H10ClFN2O/c1-17(11-4-2-3-10(15)8-11)13(18)12-7-9(14)5-6-16-12/h2-8H,1H3. The summed E-state index contributed by atoms with van der Waals surface area (Å²) in [6, 6.07) is 8.84. The number of pyridine rings is 1. The highest BCUT2D eigenvalue weighted by Gasteiger charge is 2.15. The van der Waals surface area contributed by atoms with Crippen LogP contribution in [0, 0.1) is 5.82 Å². The minimum Gasteiger partial charge on any atom is -0.310 e. The molecule has 0 spiro atoms. The number of amides is 1. The molecule has 0 fully saturated rings. The lowest BCUT2D eigenvalue weighted by molar-refractivity contribution is 0.0988. The molecule has 0 bridgehead atoms. The van der Waals surface area contributed by atoms with Crippen molar-refractivity contribution in [1.29, 1.82) is 0 Å². The number of rotatable bonds is 2. The molecule has 0 unspecified atom stereocenters. The van der Waals surface area contributed by atoms with Crippen molar-refractivity contribution in [3.05, 3.63) is 59.1 Å². The maximum Gasteiger partial charge on any atom is 0.276 e. The number of nitrogens with zero attached hydrogens (tertiary/aromatic N) is 2. The summed E-state index contributed by atoms with van der Waals surface area (Å²) in [5.41, 5.74) is 0.677. The summed E-state index contributed by atoms with van der Waals surface area (Å²) in [5.74, 6) is -0.741. The number of aromatic nitrogens is 1. The van der Waals surface area contributed by atoms with Crippen LogP contribution in [0.3, 0.4) is 0 Å². The van der Waals surface area contributed by atoms with Gasteiger partial charge in [0.15, 0.2) is 0 Å². The number of anilines is 1. The van der Waals surface area contributed by atoms with Crippen molar-refractivity contribution in [3.8, 4) is 0 Å². The first-order valence-corrected chi connectivity index (χ1v) is 5.61. The Balaban J connectivity index is 2.29. The lowest BCUT2D eigenvalue weighted by Crippen LogP contribution is -2.27. The van der Waals surface area contributed by atoms with Gasteiger partial charge in [-0.15, -0.1) is 0 Å². The maximum absolute atomic E-state index is 13.1. The van der Waals surface area contributed by atoms with E-state index in [9.17, 15) is 9.18 Å². The third-order valence-electron chi connectivity index (χ3n) is 2.44. The second-order valence-corrected chi connectivity index (χ2v) is 4.14. The Kier molecular flexibility index (Phi) is 3.58. The van der Waals surface area contributed by atoms with Crippen molar-refractivity contribution in [2.24, 2.45) is 0 Å². The van der Waals surface area contributed by atoms with Crippen molar-refractivity contribution in [2.45, 2.75) is 0 Å². The predicted molar refractivity (Wildman–Crippen MR) is 68.4 cm³/mol. The maximum atomic E-state index is 13.1. The number of benzene rings is 1. The molecule has 0 saturated heterocycles. The van der Waals surface area contributed by atoms with E-state index < -0.39 is 5.82 Å². The van der Waals surface area contributed by atoms with E-state index in [1.54, 1.807) is 25.2 Å². The molecule has 1 aromatic carbocycles. The number of carbonyl (C=O) groups excluding carboxylic acids is 1. The summed E-state index contributed by atoms with van der Waals surface area (Å²) in [6.07, 6.45) is 1.45. The molecule has 0 N–H and O–H groups in total. The van der Waals surface area contributed by atoms with Gasteiger partial charge in [0.2, 0.25) is 0 Å². The van der Waals surface area contributed by atoms with Crippen molar-refractivity contribution in [2.75, 3.05) is 11.9 Å². The summed E-state index contributed by atoms with van der Waals surface area (Å²) in [6.45, 7) is 0. The monoisotopic (exact) mass is 264 g/mol. The SMILES string of the molecule is CN(C(=O)c1cc(Cl)ccn1)c1cccc(F)c1. The summed E-state index contributed by atoms with van der Waals surface area (Å²) in [7, 11) is 1.56. The Hall–Kier alpha value is -1.94. The fourth-order valence-corrected chi connectivity index (χ4v) is 1.66. The van der Waals surface area contributed by atoms with Crippen molar-refractivity contribution in [3.63, 3.8) is 0 Å². The highest BCUT2D eigenvalue weighted by Crippen LogP contribution is 2.17. The van der Waals surface area contributed by atoms with E-state index in [0.29, 0.717) is 10.7 Å². The van der Waals surface area contributed by atoms with Gasteiger partial charge in [-0.3, -0.25) is 9.78 Å². The molecule has 2 aromatic rings. The zero-order valence-electron chi connectivity index (χ0n) is 9.60. The van der Waals surface area contributed by atoms with E-state index in [1.165, 1.54) is 29.3 Å². The van der Waals surface area contributed by atoms with E-state index in [2.05, 4.69) is 4.98 Å². The van der Waals surface area contributed by atoms with Gasteiger partial charge in [0.05, 0.1) is 0 Å². The average molecular weight is 265 g/mol. The molecule has 0 radical (unpaired) electrons. The van der Waals surface area contributed by atoms with E-state index >= 15 is 0 Å². The topological polar surface area (TPSA) is 33.2 Å². The average Bonchev–Trinajstić information content (AvgIpc) is 2.37. The van der Waals surface area contributed by atoms with E-state index in [4.69, 9.17) is 11.6 Å². The summed E-state index contributed by atoms with van der Waals surface area (Å²) < 4.78 is 13.1. The van der Waals surface area contributed by atoms with Crippen molar-refractivity contribution in [1.82, 2.24) is 4.98 Å². The molecule has 92 valence electrons. The fraction of sp³-hybridized carbons (Fsp3) is 0.0769. The molecule has 1 heterocycles. The van der Waals surface area contributed by atoms with Crippen LogP contribution in [-0.4, -0.2) is 17.9 Å². The Morgan fingerprint density at radius 1 is 1.33 bits per heavy atom. The summed E-state index contributed by atoms with van der Waals surface area (Å²) >= 11 is 5.79. The van der Waals surface area contributed by atoms with E-state index in [1.807, 2.05) is 0 Å². The lowest BCUT2D eigenvalue weighted by Gasteiger charge is -2.16. The van der Waals surface area contributed by atoms with Gasteiger partial charge >= 0.3 is 0 Å². The molecule has 5 heteroatoms. The number of hydrogen-bond donors (Lipinski definition) is 0. The van der Waals surface area contributed by atoms with Gasteiger partial charge in [-0.1, -0.05) is 17.7 Å². The molecule has 0 aliphatic heterocycles. The van der Waals surface area contributed by atoms with Crippen LogP contribution in [0.5, 0.6) is 0 Å². The Labute approximate surface area is 109 Å². The van der Waals surface area contributed by atoms with Crippen LogP contribution >= 0.6 is 11.6 Å². The highest BCUT2D eigenvalue weighted by atomic mass is 35.5. The Morgan fingerprint density at radius 3 is 2.78 bits per heavy atom. The van der Waals surface area contributed by atoms with E-state index in [0.717, 1.165) is 0 Å². The number of hydrogen-bond acceptors (Lipinski definition) is 2. The molecule has 0 saturated carbocycles. The summed E-state index contributed by atoms with van der Waals surface area (Å²) in [5, 5.41) is 0.431. The number of carbonyl (C=O) groups is 1. The van der Waals surface area contributed by atoms with Gasteiger partial charge in [0.1, 0.15) is 11.5 Å². The van der Waals surface area contributed by atoms with Crippen LogP contribution in [0.25, 0.3) is 0 Å². The van der Waals surface area contributed by atoms with Gasteiger partial charge in [0, 0.05) is 24.0 Å². The smallest absolute Gasteiger partial charge is 0.276 e. The zero-order chi connectivity index (χ0) is 13.1. The third-order valence-corrected chi connectivity index (χ3v) is 2.68. The lowest BCUT2D eigenvalue weighted by atomic mass is 10.2. The van der Waals surface area contributed by atoms with Crippen LogP contribution in [0.1, 0.15) is 10.5 Å². The molecule has 1 aromatic heterocycles. The Morgan fingerprint density at radius 2 is 2.11 bits per heavy atom. The highest BCUT2D eigenvalue weighted by molar-refractivity contribution is 6.31. The third kappa shape index (κ3) is 2.65. The molecule has 0 aliphatic carbocycles. The van der Waals surface area contributed by atoms with E-state index in [-0.39, 0.29) is 11.6 Å². The minimum atomic E-state index is -0.397. The molecule has 1 amide bonds. The minimum absolute atomic E-state index is 0.217. The van der Waals surface area contributed by atoms with Gasteiger partial charge in [-0.25, -0.2) is 4.39 Å². The molecule has 18 heavy (non-hydrogen) atoms. The van der Waals surface area contributed by atoms with Crippen LogP contribution < -0.4 is 4.90 Å². The quantitative estimate of drug-likeness (QED) is 0.835. The Bertz CT molecular complexity index is 589. The molecule has 3 nitrogen and oxygen atoms in total. The first kappa shape index (κ1) is 12.5. The van der Waals surface area contributed by atoms with Gasteiger partial charge < -0.3 is 4.90 Å².